The molecule has 0 bridgehead atoms. The molecule has 0 spiro atoms. The zero-order chi connectivity index (χ0) is 84.2. The predicted molar refractivity (Wildman–Crippen MR) is 548 cm³/mol. The molecule has 0 fully saturated rings. The summed E-state index contributed by atoms with van der Waals surface area (Å²) in [5, 5.41) is 12.0. The van der Waals surface area contributed by atoms with Crippen LogP contribution in [-0.2, 0) is 0 Å². The van der Waals surface area contributed by atoms with Gasteiger partial charge in [-0.15, -0.1) is 0 Å². The Morgan fingerprint density at radius 2 is 0.512 bits per heavy atom. The Morgan fingerprint density at radius 3 is 1.08 bits per heavy atom. The van der Waals surface area contributed by atoms with Gasteiger partial charge in [0.05, 0.1) is 61.0 Å². The summed E-state index contributed by atoms with van der Waals surface area (Å²) in [7, 11) is 0. The normalized spacial score (nSPS) is 12.7. The van der Waals surface area contributed by atoms with E-state index in [1.807, 2.05) is 0 Å². The Hall–Kier alpha value is -16.6. The third-order valence-electron chi connectivity index (χ3n) is 28.6. The number of hydrogen-bond acceptors (Lipinski definition) is 1. The summed E-state index contributed by atoms with van der Waals surface area (Å²) < 4.78 is 13.1. The molecule has 25 aromatic rings. The highest BCUT2D eigenvalue weighted by Crippen LogP contribution is 2.51. The minimum absolute atomic E-state index is 0.0797. The molecule has 0 aliphatic carbocycles. The van der Waals surface area contributed by atoms with Crippen LogP contribution < -0.4 is 54.1 Å². The largest absolute Gasteiger partial charge is 0.309 e. The first-order chi connectivity index (χ1) is 64.1. The van der Waals surface area contributed by atoms with E-state index in [4.69, 9.17) is 0 Å². The van der Waals surface area contributed by atoms with Crippen molar-refractivity contribution in [2.75, 3.05) is 4.90 Å². The molecule has 3 aliphatic heterocycles. The van der Waals surface area contributed by atoms with Crippen LogP contribution in [0.15, 0.2) is 455 Å². The maximum Gasteiger partial charge on any atom is 0.248 e. The molecule has 6 nitrogen and oxygen atoms in total. The fourth-order valence-electron chi connectivity index (χ4n) is 23.5. The molecular weight excluding hydrogens is 1560 g/mol. The summed E-state index contributed by atoms with van der Waals surface area (Å²) in [6, 6.07) is 173. The van der Waals surface area contributed by atoms with Crippen LogP contribution in [0.4, 0.5) is 17.1 Å². The summed E-state index contributed by atoms with van der Waals surface area (Å²) >= 11 is 0. The number of para-hydroxylation sites is 11. The summed E-state index contributed by atoms with van der Waals surface area (Å²) in [6.45, 7) is -0.494. The molecule has 9 heteroatoms. The number of benzene rings is 20. The van der Waals surface area contributed by atoms with E-state index >= 15 is 0 Å². The van der Waals surface area contributed by atoms with Crippen LogP contribution in [-0.4, -0.2) is 43.0 Å². The van der Waals surface area contributed by atoms with E-state index in [1.54, 1.807) is 0 Å². The summed E-state index contributed by atoms with van der Waals surface area (Å²) in [5.41, 5.74) is 41.2. The molecule has 28 rings (SSSR count). The van der Waals surface area contributed by atoms with Crippen molar-refractivity contribution in [1.29, 1.82) is 0 Å². The van der Waals surface area contributed by atoms with Crippen LogP contribution in [0.2, 0.25) is 0 Å². The van der Waals surface area contributed by atoms with Crippen molar-refractivity contribution in [3.63, 3.8) is 0 Å². The van der Waals surface area contributed by atoms with Crippen molar-refractivity contribution >= 4 is 195 Å². The molecule has 129 heavy (non-hydrogen) atoms. The van der Waals surface area contributed by atoms with Crippen LogP contribution in [0.5, 0.6) is 0 Å². The maximum absolute atomic E-state index is 2.62. The van der Waals surface area contributed by atoms with Crippen molar-refractivity contribution in [2.45, 2.75) is 0 Å². The average Bonchev–Trinajstić information content (AvgIpc) is 1.52. The first-order valence-corrected chi connectivity index (χ1v) is 45.0. The molecule has 0 atom stereocenters. The zero-order valence-corrected chi connectivity index (χ0v) is 70.2. The third-order valence-corrected chi connectivity index (χ3v) is 28.6. The molecule has 0 amide bonds. The molecule has 0 saturated carbocycles. The topological polar surface area (TPSA) is 27.9 Å². The second kappa shape index (κ2) is 27.9. The molecule has 8 heterocycles. The molecule has 0 saturated heterocycles. The number of fused-ring (bicyclic) bond motifs is 25. The van der Waals surface area contributed by atoms with Gasteiger partial charge in [0.1, 0.15) is 0 Å². The van der Waals surface area contributed by atoms with Crippen molar-refractivity contribution in [3.8, 4) is 72.9 Å². The summed E-state index contributed by atoms with van der Waals surface area (Å²) in [5.74, 6) is 0. The van der Waals surface area contributed by atoms with Crippen molar-refractivity contribution in [1.82, 2.24) is 22.8 Å². The minimum atomic E-state index is -0.238. The highest BCUT2D eigenvalue weighted by molar-refractivity contribution is 6.99. The van der Waals surface area contributed by atoms with E-state index in [9.17, 15) is 0 Å². The van der Waals surface area contributed by atoms with Crippen molar-refractivity contribution in [3.05, 3.63) is 455 Å². The zero-order valence-electron chi connectivity index (χ0n) is 70.2. The van der Waals surface area contributed by atoms with Gasteiger partial charge in [-0.3, -0.25) is 0 Å². The van der Waals surface area contributed by atoms with Gasteiger partial charge in [0.15, 0.2) is 0 Å². The number of aromatic nitrogens is 5. The Kier molecular flexibility index (Phi) is 15.6. The molecule has 0 unspecified atom stereocenters. The number of rotatable bonds is 8. The molecule has 594 valence electrons. The van der Waals surface area contributed by atoms with E-state index < -0.39 is 0 Å². The number of hydrogen-bond donors (Lipinski definition) is 0. The van der Waals surface area contributed by atoms with Gasteiger partial charge >= 0.3 is 0 Å². The highest BCUT2D eigenvalue weighted by atomic mass is 15.2. The lowest BCUT2D eigenvalue weighted by molar-refractivity contribution is 1.14. The second-order valence-corrected chi connectivity index (χ2v) is 35.1. The standard InChI is InChI=1S/C120H75B3N6/c1-5-34-76(35-6-1)84-47-30-48-85(77-36-7-2-8-37-77)115(84)123-100-56-20-28-65-111(100)126-105-70-68-79(73-93(105)89-51-33-67-113(118(89)126)129-102-58-21-13-44-86(102)88-49-31-57-101(123)116(88)129)78-38-29-43-83(72-78)124-107-61-24-16-52-96(107)121(81-39-9-3-10-40-81)97-53-17-25-62-108(97)125-106-71-69-80(74-94(106)90-50-32-66-112(124)117(90)125)92-75-95-87-45-14-22-59-103(87)127-109-63-26-18-54-98(109)122(82-41-11-4-12-42-82)99-55-19-27-64-110(99)128-104-60-23-15-46-91(104)114(92)120(128)119(95)127/h1-75H. The van der Waals surface area contributed by atoms with Gasteiger partial charge in [0, 0.05) is 93.5 Å². The van der Waals surface area contributed by atoms with E-state index in [2.05, 4.69) is 483 Å². The van der Waals surface area contributed by atoms with Gasteiger partial charge in [0.25, 0.3) is 0 Å². The SMILES string of the molecule is c1ccc(B2c3ccccc3N(c3cccc(-c4ccc5c(c4)c4cccc6c4n5-c4ccccc4B(c4c(-c5ccccc5)cccc4-c4ccccc4)c4cccc5c7ccccc7n-6c45)c3)c3cccc4c5cc(-c6cc7c8ccccc8n8c7c7c6c6ccccc6n7-c6ccccc6B(c6ccccc6)c6ccccc6-8)ccc5n(c34)-c3ccccc32)cc1. The van der Waals surface area contributed by atoms with Gasteiger partial charge < -0.3 is 27.7 Å². The molecular formula is C120H75B3N6. The summed E-state index contributed by atoms with van der Waals surface area (Å²) in [4.78, 5) is 2.59. The van der Waals surface area contributed by atoms with Gasteiger partial charge in [0.2, 0.25) is 20.1 Å². The molecule has 0 N–H and O–H groups in total. The number of anilines is 3. The second-order valence-electron chi connectivity index (χ2n) is 35.1. The monoisotopic (exact) mass is 1630 g/mol. The third kappa shape index (κ3) is 10.3. The van der Waals surface area contributed by atoms with E-state index in [0.717, 1.165) is 72.9 Å². The lowest BCUT2D eigenvalue weighted by Crippen LogP contribution is -2.55. The highest BCUT2D eigenvalue weighted by Gasteiger charge is 2.40. The van der Waals surface area contributed by atoms with Gasteiger partial charge in [-0.25, -0.2) is 0 Å². The smallest absolute Gasteiger partial charge is 0.248 e. The summed E-state index contributed by atoms with van der Waals surface area (Å²) in [6.07, 6.45) is 0. The van der Waals surface area contributed by atoms with Crippen LogP contribution >= 0.6 is 0 Å². The van der Waals surface area contributed by atoms with Gasteiger partial charge in [-0.2, -0.15) is 0 Å². The minimum Gasteiger partial charge on any atom is -0.309 e. The van der Waals surface area contributed by atoms with Gasteiger partial charge in [-0.1, -0.05) is 368 Å². The lowest BCUT2D eigenvalue weighted by Gasteiger charge is -2.30. The Bertz CT molecular complexity index is 8990. The fourth-order valence-corrected chi connectivity index (χ4v) is 23.5. The van der Waals surface area contributed by atoms with E-state index in [0.29, 0.717) is 0 Å². The van der Waals surface area contributed by atoms with E-state index in [1.165, 1.54) is 175 Å². The molecule has 0 radical (unpaired) electrons. The van der Waals surface area contributed by atoms with Crippen LogP contribution in [0, 0.1) is 0 Å². The maximum atomic E-state index is 2.62. The molecule has 20 aromatic carbocycles. The quantitative estimate of drug-likeness (QED) is 0.139. The molecule has 3 aliphatic rings. The first-order valence-electron chi connectivity index (χ1n) is 45.0. The van der Waals surface area contributed by atoms with Crippen LogP contribution in [0.1, 0.15) is 0 Å². The van der Waals surface area contributed by atoms with Crippen molar-refractivity contribution in [2.24, 2.45) is 0 Å². The average molecular weight is 1630 g/mol. The van der Waals surface area contributed by atoms with Crippen molar-refractivity contribution < 1.29 is 0 Å². The van der Waals surface area contributed by atoms with Crippen LogP contribution in [0.25, 0.3) is 182 Å². The van der Waals surface area contributed by atoms with Gasteiger partial charge in [-0.05, 0) is 180 Å². The Labute approximate surface area is 745 Å². The van der Waals surface area contributed by atoms with Crippen LogP contribution in [0.3, 0.4) is 0 Å². The number of nitrogens with zero attached hydrogens (tertiary/aromatic N) is 6. The Balaban J connectivity index is 0.672. The fraction of sp³-hybridized carbons (Fsp3) is 0. The predicted octanol–water partition coefficient (Wildman–Crippen LogP) is 23.8. The first kappa shape index (κ1) is 71.8. The Morgan fingerprint density at radius 1 is 0.163 bits per heavy atom. The van der Waals surface area contributed by atoms with E-state index in [-0.39, 0.29) is 20.1 Å². The molecule has 5 aromatic heterocycles. The lowest BCUT2D eigenvalue weighted by atomic mass is 9.34.